The van der Waals surface area contributed by atoms with Gasteiger partial charge in [-0.1, -0.05) is 12.1 Å². The molecule has 25 heavy (non-hydrogen) atoms. The molecule has 3 aromatic rings. The van der Waals surface area contributed by atoms with Gasteiger partial charge in [0.15, 0.2) is 0 Å². The van der Waals surface area contributed by atoms with E-state index < -0.39 is 0 Å². The lowest BCUT2D eigenvalue weighted by Gasteiger charge is -2.21. The topological polar surface area (TPSA) is 51.9 Å². The Morgan fingerprint density at radius 3 is 2.64 bits per heavy atom. The first-order chi connectivity index (χ1) is 12.1. The van der Waals surface area contributed by atoms with Gasteiger partial charge in [-0.3, -0.25) is 4.79 Å². The van der Waals surface area contributed by atoms with Crippen LogP contribution in [0.3, 0.4) is 0 Å². The lowest BCUT2D eigenvalue weighted by molar-refractivity contribution is -0.125. The minimum Gasteiger partial charge on any atom is -0.345 e. The highest BCUT2D eigenvalue weighted by atomic mass is 32.2. The second-order valence-electron chi connectivity index (χ2n) is 6.18. The Kier molecular flexibility index (Phi) is 5.48. The Bertz CT molecular complexity index is 840. The maximum absolute atomic E-state index is 12.9. The number of benzene rings is 1. The number of aryl methyl sites for hydroxylation is 1. The second kappa shape index (κ2) is 7.78. The van der Waals surface area contributed by atoms with E-state index in [9.17, 15) is 4.79 Å². The van der Waals surface area contributed by atoms with Gasteiger partial charge in [-0.05, 0) is 49.6 Å². The molecular weight excluding hydrogens is 332 g/mol. The lowest BCUT2D eigenvalue weighted by atomic mass is 10.2. The molecule has 2 aromatic heterocycles. The summed E-state index contributed by atoms with van der Waals surface area (Å²) in [7, 11) is 1.99. The number of carbonyl (C=O) groups excluding carboxylic acids is 1. The summed E-state index contributed by atoms with van der Waals surface area (Å²) in [6.45, 7) is 1.99. The van der Waals surface area contributed by atoms with Crippen LogP contribution in [-0.4, -0.2) is 32.0 Å². The Labute approximate surface area is 152 Å². The molecular formula is C19H24N4OS. The molecule has 1 N–H and O–H groups in total. The molecule has 0 bridgehead atoms. The zero-order chi connectivity index (χ0) is 17.8. The molecule has 1 aromatic carbocycles. The molecule has 132 valence electrons. The van der Waals surface area contributed by atoms with Gasteiger partial charge in [0.05, 0.1) is 17.1 Å². The Morgan fingerprint density at radius 1 is 1.24 bits per heavy atom. The smallest absolute Gasteiger partial charge is 0.243 e. The van der Waals surface area contributed by atoms with Gasteiger partial charge in [-0.25, -0.2) is 4.98 Å². The van der Waals surface area contributed by atoms with Crippen molar-refractivity contribution < 1.29 is 4.79 Å². The number of nitrogens with zero attached hydrogens (tertiary/aromatic N) is 3. The molecule has 2 atom stereocenters. The fourth-order valence-electron chi connectivity index (χ4n) is 3.13. The summed E-state index contributed by atoms with van der Waals surface area (Å²) in [4.78, 5) is 17.6. The van der Waals surface area contributed by atoms with Gasteiger partial charge in [-0.15, -0.1) is 0 Å². The Morgan fingerprint density at radius 2 is 1.96 bits per heavy atom. The van der Waals surface area contributed by atoms with Crippen molar-refractivity contribution in [2.24, 2.45) is 7.05 Å². The largest absolute Gasteiger partial charge is 0.345 e. The van der Waals surface area contributed by atoms with Crippen LogP contribution < -0.4 is 5.32 Å². The highest BCUT2D eigenvalue weighted by molar-refractivity contribution is 7.98. The van der Waals surface area contributed by atoms with Crippen LogP contribution in [0.1, 0.15) is 31.3 Å². The molecule has 0 aliphatic heterocycles. The lowest BCUT2D eigenvalue weighted by Crippen LogP contribution is -2.35. The van der Waals surface area contributed by atoms with E-state index in [4.69, 9.17) is 0 Å². The van der Waals surface area contributed by atoms with Crippen molar-refractivity contribution in [2.75, 3.05) is 12.0 Å². The number of fused-ring (bicyclic) bond motifs is 1. The van der Waals surface area contributed by atoms with Gasteiger partial charge in [0.1, 0.15) is 11.9 Å². The van der Waals surface area contributed by atoms with Crippen LogP contribution in [0.2, 0.25) is 0 Å². The van der Waals surface area contributed by atoms with Crippen LogP contribution in [0, 0.1) is 0 Å². The van der Waals surface area contributed by atoms with E-state index in [1.807, 2.05) is 71.9 Å². The molecule has 0 aliphatic rings. The highest BCUT2D eigenvalue weighted by Crippen LogP contribution is 2.21. The minimum atomic E-state index is -0.195. The van der Waals surface area contributed by atoms with Crippen molar-refractivity contribution in [3.05, 3.63) is 54.6 Å². The normalized spacial score (nSPS) is 13.7. The zero-order valence-electron chi connectivity index (χ0n) is 14.8. The number of amides is 1. The molecule has 0 spiro atoms. The van der Waals surface area contributed by atoms with Gasteiger partial charge in [0, 0.05) is 19.4 Å². The number of aromatic nitrogens is 3. The van der Waals surface area contributed by atoms with E-state index in [1.54, 1.807) is 11.8 Å². The summed E-state index contributed by atoms with van der Waals surface area (Å²) < 4.78 is 4.03. The van der Waals surface area contributed by atoms with Gasteiger partial charge >= 0.3 is 0 Å². The Balaban J connectivity index is 1.79. The van der Waals surface area contributed by atoms with Crippen LogP contribution in [0.15, 0.2) is 48.8 Å². The highest BCUT2D eigenvalue weighted by Gasteiger charge is 2.23. The maximum Gasteiger partial charge on any atom is 0.243 e. The summed E-state index contributed by atoms with van der Waals surface area (Å²) in [5, 5.41) is 3.14. The molecule has 2 unspecified atom stereocenters. The van der Waals surface area contributed by atoms with E-state index >= 15 is 0 Å². The molecule has 2 heterocycles. The fraction of sp³-hybridized carbons (Fsp3) is 0.368. The average Bonchev–Trinajstić information content (AvgIpc) is 3.24. The number of thioether (sulfide) groups is 1. The number of hydrogen-bond acceptors (Lipinski definition) is 3. The van der Waals surface area contributed by atoms with Crippen molar-refractivity contribution in [1.29, 1.82) is 0 Å². The zero-order valence-corrected chi connectivity index (χ0v) is 15.7. The molecule has 1 amide bonds. The number of imidazole rings is 1. The fourth-order valence-corrected chi connectivity index (χ4v) is 3.59. The van der Waals surface area contributed by atoms with Gasteiger partial charge in [0.25, 0.3) is 0 Å². The summed E-state index contributed by atoms with van der Waals surface area (Å²) in [6, 6.07) is 11.6. The van der Waals surface area contributed by atoms with Crippen molar-refractivity contribution in [3.63, 3.8) is 0 Å². The molecule has 0 radical (unpaired) electrons. The summed E-state index contributed by atoms with van der Waals surface area (Å²) >= 11 is 1.76. The summed E-state index contributed by atoms with van der Waals surface area (Å²) in [5.41, 5.74) is 2.02. The summed E-state index contributed by atoms with van der Waals surface area (Å²) in [6.07, 6.45) is 6.76. The molecule has 3 rings (SSSR count). The third kappa shape index (κ3) is 3.74. The van der Waals surface area contributed by atoms with Crippen molar-refractivity contribution in [2.45, 2.75) is 25.4 Å². The number of rotatable bonds is 7. The van der Waals surface area contributed by atoms with E-state index in [1.165, 1.54) is 0 Å². The van der Waals surface area contributed by atoms with Crippen molar-refractivity contribution in [3.8, 4) is 0 Å². The SMILES string of the molecule is CSCCC(C(=O)NC(C)c1nc2ccccc2n1C)n1cccc1. The Hall–Kier alpha value is -2.21. The van der Waals surface area contributed by atoms with Gasteiger partial charge in [-0.2, -0.15) is 11.8 Å². The minimum absolute atomic E-state index is 0.0322. The quantitative estimate of drug-likeness (QED) is 0.704. The summed E-state index contributed by atoms with van der Waals surface area (Å²) in [5.74, 6) is 1.84. The predicted octanol–water partition coefficient (Wildman–Crippen LogP) is 3.55. The van der Waals surface area contributed by atoms with E-state index in [2.05, 4.69) is 16.6 Å². The van der Waals surface area contributed by atoms with E-state index in [0.717, 1.165) is 29.0 Å². The van der Waals surface area contributed by atoms with Crippen LogP contribution in [0.5, 0.6) is 0 Å². The maximum atomic E-state index is 12.9. The van der Waals surface area contributed by atoms with Crippen LogP contribution >= 0.6 is 11.8 Å². The molecule has 0 aliphatic carbocycles. The molecule has 0 saturated carbocycles. The van der Waals surface area contributed by atoms with Crippen molar-refractivity contribution >= 4 is 28.7 Å². The average molecular weight is 356 g/mol. The number of carbonyl (C=O) groups is 1. The number of hydrogen-bond donors (Lipinski definition) is 1. The first kappa shape index (κ1) is 17.6. The van der Waals surface area contributed by atoms with Crippen LogP contribution in [-0.2, 0) is 11.8 Å². The second-order valence-corrected chi connectivity index (χ2v) is 7.16. The standard InChI is InChI=1S/C19H24N4OS/c1-14(18-21-15-8-4-5-9-16(15)22(18)2)20-19(24)17(10-13-25-3)23-11-6-7-12-23/h4-9,11-12,14,17H,10,13H2,1-3H3,(H,20,24). The third-order valence-electron chi connectivity index (χ3n) is 4.45. The monoisotopic (exact) mass is 356 g/mol. The van der Waals surface area contributed by atoms with Gasteiger partial charge < -0.3 is 14.5 Å². The molecule has 0 saturated heterocycles. The predicted molar refractivity (Wildman–Crippen MR) is 104 cm³/mol. The van der Waals surface area contributed by atoms with Crippen LogP contribution in [0.4, 0.5) is 0 Å². The van der Waals surface area contributed by atoms with E-state index in [-0.39, 0.29) is 18.0 Å². The molecule has 5 nitrogen and oxygen atoms in total. The third-order valence-corrected chi connectivity index (χ3v) is 5.10. The van der Waals surface area contributed by atoms with Gasteiger partial charge in [0.2, 0.25) is 5.91 Å². The molecule has 6 heteroatoms. The number of para-hydroxylation sites is 2. The van der Waals surface area contributed by atoms with Crippen molar-refractivity contribution in [1.82, 2.24) is 19.4 Å². The van der Waals surface area contributed by atoms with E-state index in [0.29, 0.717) is 0 Å². The number of nitrogens with one attached hydrogen (secondary N) is 1. The molecule has 0 fully saturated rings. The van der Waals surface area contributed by atoms with Crippen LogP contribution in [0.25, 0.3) is 11.0 Å². The first-order valence-electron chi connectivity index (χ1n) is 8.45. The first-order valence-corrected chi connectivity index (χ1v) is 9.84.